The molecule has 1 aromatic carbocycles. The molecule has 1 saturated heterocycles. The Labute approximate surface area is 136 Å². The van der Waals surface area contributed by atoms with Gasteiger partial charge in [0.1, 0.15) is 5.82 Å². The average molecular weight is 314 g/mol. The highest BCUT2D eigenvalue weighted by Gasteiger charge is 2.34. The Morgan fingerprint density at radius 1 is 1.35 bits per heavy atom. The molecule has 0 bridgehead atoms. The molecule has 0 spiro atoms. The zero-order valence-electron chi connectivity index (χ0n) is 13.7. The van der Waals surface area contributed by atoms with E-state index in [2.05, 4.69) is 10.4 Å². The van der Waals surface area contributed by atoms with Crippen molar-refractivity contribution in [2.45, 2.75) is 25.5 Å². The third-order valence-corrected chi connectivity index (χ3v) is 4.38. The largest absolute Gasteiger partial charge is 0.380 e. The number of nitrogens with zero attached hydrogens (tertiary/aromatic N) is 3. The first-order valence-corrected chi connectivity index (χ1v) is 7.74. The van der Waals surface area contributed by atoms with E-state index < -0.39 is 0 Å². The molecule has 2 aromatic rings. The fourth-order valence-electron chi connectivity index (χ4n) is 3.03. The zero-order valence-corrected chi connectivity index (χ0v) is 13.7. The van der Waals surface area contributed by atoms with E-state index >= 15 is 0 Å². The Bertz CT molecular complexity index is 697. The summed E-state index contributed by atoms with van der Waals surface area (Å²) in [7, 11) is 3.63. The van der Waals surface area contributed by atoms with Gasteiger partial charge in [-0.05, 0) is 32.0 Å². The molecule has 23 heavy (non-hydrogen) atoms. The second-order valence-electron chi connectivity index (χ2n) is 5.95. The molecule has 0 aliphatic carbocycles. The standard InChI is InChI=1S/C17H22N4O2/c1-12-6-4-5-7-14(12)21-16(8-9-18-21)19-17(22)15-10-13(23-3)11-20(15)2/h4-9,13,15H,10-11H2,1-3H3,(H,19,22)/t13-,15-/m0/s1. The lowest BCUT2D eigenvalue weighted by molar-refractivity contribution is -0.120. The van der Waals surface area contributed by atoms with Gasteiger partial charge in [0.2, 0.25) is 5.91 Å². The summed E-state index contributed by atoms with van der Waals surface area (Å²) in [4.78, 5) is 14.6. The highest BCUT2D eigenvalue weighted by Crippen LogP contribution is 2.22. The molecule has 1 aromatic heterocycles. The van der Waals surface area contributed by atoms with Gasteiger partial charge in [-0.15, -0.1) is 0 Å². The van der Waals surface area contributed by atoms with Crippen LogP contribution in [0.1, 0.15) is 12.0 Å². The molecule has 1 aliphatic heterocycles. The van der Waals surface area contributed by atoms with Gasteiger partial charge in [-0.3, -0.25) is 9.69 Å². The summed E-state index contributed by atoms with van der Waals surface area (Å²) in [6, 6.07) is 9.59. The van der Waals surface area contributed by atoms with E-state index in [1.54, 1.807) is 18.0 Å². The highest BCUT2D eigenvalue weighted by molar-refractivity contribution is 5.94. The third-order valence-electron chi connectivity index (χ3n) is 4.38. The van der Waals surface area contributed by atoms with Crippen LogP contribution >= 0.6 is 0 Å². The number of likely N-dealkylation sites (N-methyl/N-ethyl adjacent to an activating group) is 1. The molecular weight excluding hydrogens is 292 g/mol. The maximum absolute atomic E-state index is 12.6. The van der Waals surface area contributed by atoms with Gasteiger partial charge in [0.05, 0.1) is 24.0 Å². The topological polar surface area (TPSA) is 59.4 Å². The van der Waals surface area contributed by atoms with Gasteiger partial charge in [-0.2, -0.15) is 5.10 Å². The lowest BCUT2D eigenvalue weighted by Gasteiger charge is -2.18. The van der Waals surface area contributed by atoms with Crippen molar-refractivity contribution in [1.82, 2.24) is 14.7 Å². The van der Waals surface area contributed by atoms with Crippen LogP contribution in [0.5, 0.6) is 0 Å². The predicted octanol–water partition coefficient (Wildman–Crippen LogP) is 1.84. The van der Waals surface area contributed by atoms with Gasteiger partial charge in [0, 0.05) is 19.7 Å². The first-order chi connectivity index (χ1) is 11.1. The van der Waals surface area contributed by atoms with Gasteiger partial charge in [0.25, 0.3) is 0 Å². The Morgan fingerprint density at radius 2 is 2.13 bits per heavy atom. The third kappa shape index (κ3) is 3.13. The van der Waals surface area contributed by atoms with Crippen LogP contribution in [-0.4, -0.2) is 53.4 Å². The van der Waals surface area contributed by atoms with Crippen LogP contribution in [0.15, 0.2) is 36.5 Å². The van der Waals surface area contributed by atoms with Gasteiger partial charge in [0.15, 0.2) is 0 Å². The molecule has 2 heterocycles. The number of hydrogen-bond acceptors (Lipinski definition) is 4. The van der Waals surface area contributed by atoms with Crippen molar-refractivity contribution in [2.24, 2.45) is 0 Å². The Morgan fingerprint density at radius 3 is 2.83 bits per heavy atom. The lowest BCUT2D eigenvalue weighted by atomic mass is 10.2. The summed E-state index contributed by atoms with van der Waals surface area (Å²) in [5.74, 6) is 0.654. The summed E-state index contributed by atoms with van der Waals surface area (Å²) < 4.78 is 7.13. The number of ether oxygens (including phenoxy) is 1. The minimum atomic E-state index is -0.180. The zero-order chi connectivity index (χ0) is 16.4. The van der Waals surface area contributed by atoms with Crippen LogP contribution in [0.4, 0.5) is 5.82 Å². The number of carbonyl (C=O) groups excluding carboxylic acids is 1. The molecule has 2 atom stereocenters. The van der Waals surface area contributed by atoms with E-state index in [0.29, 0.717) is 12.2 Å². The second kappa shape index (κ2) is 6.52. The van der Waals surface area contributed by atoms with Gasteiger partial charge < -0.3 is 10.1 Å². The van der Waals surface area contributed by atoms with E-state index in [1.807, 2.05) is 49.2 Å². The number of likely N-dealkylation sites (tertiary alicyclic amines) is 1. The quantitative estimate of drug-likeness (QED) is 0.935. The minimum absolute atomic E-state index is 0.0256. The number of aryl methyl sites for hydroxylation is 1. The Hall–Kier alpha value is -2.18. The van der Waals surface area contributed by atoms with Gasteiger partial charge >= 0.3 is 0 Å². The van der Waals surface area contributed by atoms with Crippen molar-refractivity contribution in [3.8, 4) is 5.69 Å². The number of amides is 1. The van der Waals surface area contributed by atoms with E-state index in [4.69, 9.17) is 4.74 Å². The molecule has 0 saturated carbocycles. The molecule has 6 nitrogen and oxygen atoms in total. The van der Waals surface area contributed by atoms with E-state index in [0.717, 1.165) is 17.8 Å². The maximum atomic E-state index is 12.6. The van der Waals surface area contributed by atoms with Crippen LogP contribution in [0.25, 0.3) is 5.69 Å². The lowest BCUT2D eigenvalue weighted by Crippen LogP contribution is -2.37. The van der Waals surface area contributed by atoms with Gasteiger partial charge in [-0.25, -0.2) is 4.68 Å². The SMILES string of the molecule is CO[C@H]1C[C@@H](C(=O)Nc2ccnn2-c2ccccc2C)N(C)C1. The first kappa shape index (κ1) is 15.7. The second-order valence-corrected chi connectivity index (χ2v) is 5.95. The number of anilines is 1. The maximum Gasteiger partial charge on any atom is 0.242 e. The fraction of sp³-hybridized carbons (Fsp3) is 0.412. The van der Waals surface area contributed by atoms with Crippen molar-refractivity contribution < 1.29 is 9.53 Å². The van der Waals surface area contributed by atoms with Crippen LogP contribution in [0.2, 0.25) is 0 Å². The van der Waals surface area contributed by atoms with Crippen LogP contribution in [0.3, 0.4) is 0 Å². The van der Waals surface area contributed by atoms with Crippen LogP contribution in [-0.2, 0) is 9.53 Å². The number of para-hydroxylation sites is 1. The van der Waals surface area contributed by atoms with E-state index in [-0.39, 0.29) is 18.1 Å². The van der Waals surface area contributed by atoms with Crippen LogP contribution in [0, 0.1) is 6.92 Å². The number of rotatable bonds is 4. The number of methoxy groups -OCH3 is 1. The average Bonchev–Trinajstić information content (AvgIpc) is 3.14. The molecule has 1 fully saturated rings. The number of hydrogen-bond donors (Lipinski definition) is 1. The Kier molecular flexibility index (Phi) is 4.45. The molecule has 6 heteroatoms. The summed E-state index contributed by atoms with van der Waals surface area (Å²) >= 11 is 0. The summed E-state index contributed by atoms with van der Waals surface area (Å²) in [5, 5.41) is 7.34. The van der Waals surface area contributed by atoms with Crippen molar-refractivity contribution >= 4 is 11.7 Å². The number of benzene rings is 1. The fourth-order valence-corrected chi connectivity index (χ4v) is 3.03. The summed E-state index contributed by atoms with van der Waals surface area (Å²) in [5.41, 5.74) is 2.06. The number of aromatic nitrogens is 2. The van der Waals surface area contributed by atoms with Crippen LogP contribution < -0.4 is 5.32 Å². The molecule has 122 valence electrons. The molecular formula is C17H22N4O2. The highest BCUT2D eigenvalue weighted by atomic mass is 16.5. The normalized spacial score (nSPS) is 21.5. The van der Waals surface area contributed by atoms with Crippen molar-refractivity contribution in [3.63, 3.8) is 0 Å². The van der Waals surface area contributed by atoms with E-state index in [9.17, 15) is 4.79 Å². The molecule has 0 unspecified atom stereocenters. The summed E-state index contributed by atoms with van der Waals surface area (Å²) in [6.45, 7) is 2.79. The van der Waals surface area contributed by atoms with Crippen molar-refractivity contribution in [1.29, 1.82) is 0 Å². The number of carbonyl (C=O) groups is 1. The molecule has 1 aliphatic rings. The predicted molar refractivity (Wildman–Crippen MR) is 88.8 cm³/mol. The Balaban J connectivity index is 1.78. The molecule has 1 amide bonds. The monoisotopic (exact) mass is 314 g/mol. The summed E-state index contributed by atoms with van der Waals surface area (Å²) in [6.07, 6.45) is 2.51. The number of nitrogens with one attached hydrogen (secondary N) is 1. The van der Waals surface area contributed by atoms with Crippen molar-refractivity contribution in [2.75, 3.05) is 26.0 Å². The molecule has 3 rings (SSSR count). The molecule has 1 N–H and O–H groups in total. The van der Waals surface area contributed by atoms with E-state index in [1.165, 1.54) is 0 Å². The minimum Gasteiger partial charge on any atom is -0.380 e. The van der Waals surface area contributed by atoms with Gasteiger partial charge in [-0.1, -0.05) is 18.2 Å². The first-order valence-electron chi connectivity index (χ1n) is 7.74. The van der Waals surface area contributed by atoms with Crippen molar-refractivity contribution in [3.05, 3.63) is 42.1 Å². The smallest absolute Gasteiger partial charge is 0.242 e. The molecule has 0 radical (unpaired) electrons.